The maximum absolute atomic E-state index is 13.3. The molecule has 8 nitrogen and oxygen atoms in total. The van der Waals surface area contributed by atoms with Crippen molar-refractivity contribution in [1.29, 1.82) is 0 Å². The number of sulfonamides is 1. The van der Waals surface area contributed by atoms with Gasteiger partial charge in [0.1, 0.15) is 0 Å². The molecule has 0 saturated carbocycles. The molecule has 3 aromatic carbocycles. The number of benzene rings is 3. The molecule has 0 heterocycles. The molecule has 0 atom stereocenters. The van der Waals surface area contributed by atoms with Crippen molar-refractivity contribution in [2.75, 3.05) is 11.9 Å². The quantitative estimate of drug-likeness (QED) is 0.366. The van der Waals surface area contributed by atoms with Crippen LogP contribution in [0.5, 0.6) is 0 Å². The number of carbonyl (C=O) groups is 1. The summed E-state index contributed by atoms with van der Waals surface area (Å²) in [5.74, 6) is -0.622. The first kappa shape index (κ1) is 24.4. The van der Waals surface area contributed by atoms with E-state index < -0.39 is 27.4 Å². The zero-order valence-corrected chi connectivity index (χ0v) is 19.6. The van der Waals surface area contributed by atoms with Crippen molar-refractivity contribution in [2.45, 2.75) is 25.3 Å². The molecule has 0 radical (unpaired) electrons. The standard InChI is InChI=1S/C23H22ClN3O5S/c1-16-6-12-20(13-7-16)33(31,32)26(14-18-8-10-19(24)11-9-18)15-23(28)25-21-4-3-5-22(17(21)2)27(29)30/h3-13H,14-15H2,1-2H3,(H,25,28). The largest absolute Gasteiger partial charge is 0.324 e. The molecule has 0 bridgehead atoms. The molecule has 3 rings (SSSR count). The van der Waals surface area contributed by atoms with Crippen LogP contribution in [0, 0.1) is 24.0 Å². The summed E-state index contributed by atoms with van der Waals surface area (Å²) in [4.78, 5) is 23.5. The van der Waals surface area contributed by atoms with Crippen LogP contribution in [0.3, 0.4) is 0 Å². The summed E-state index contributed by atoms with van der Waals surface area (Å²) in [6.45, 7) is 2.81. The van der Waals surface area contributed by atoms with E-state index in [1.165, 1.54) is 37.3 Å². The number of hydrogen-bond acceptors (Lipinski definition) is 5. The first-order valence-corrected chi connectivity index (χ1v) is 11.7. The fourth-order valence-corrected chi connectivity index (χ4v) is 4.70. The van der Waals surface area contributed by atoms with Crippen molar-refractivity contribution < 1.29 is 18.1 Å². The van der Waals surface area contributed by atoms with Gasteiger partial charge in [-0.25, -0.2) is 8.42 Å². The van der Waals surface area contributed by atoms with E-state index in [4.69, 9.17) is 11.6 Å². The number of halogens is 1. The second-order valence-corrected chi connectivity index (χ2v) is 9.84. The number of carbonyl (C=O) groups excluding carboxylic acids is 1. The fourth-order valence-electron chi connectivity index (χ4n) is 3.19. The summed E-state index contributed by atoms with van der Waals surface area (Å²) < 4.78 is 27.7. The van der Waals surface area contributed by atoms with Gasteiger partial charge in [0.2, 0.25) is 15.9 Å². The Balaban J connectivity index is 1.90. The third kappa shape index (κ3) is 5.95. The first-order valence-electron chi connectivity index (χ1n) is 9.93. The Morgan fingerprint density at radius 3 is 2.27 bits per heavy atom. The molecular weight excluding hydrogens is 466 g/mol. The van der Waals surface area contributed by atoms with Crippen LogP contribution < -0.4 is 5.32 Å². The minimum atomic E-state index is -4.01. The lowest BCUT2D eigenvalue weighted by Crippen LogP contribution is -2.37. The predicted molar refractivity (Wildman–Crippen MR) is 127 cm³/mol. The highest BCUT2D eigenvalue weighted by Crippen LogP contribution is 2.25. The smallest absolute Gasteiger partial charge is 0.274 e. The lowest BCUT2D eigenvalue weighted by atomic mass is 10.1. The van der Waals surface area contributed by atoms with E-state index in [1.807, 2.05) is 6.92 Å². The topological polar surface area (TPSA) is 110 Å². The van der Waals surface area contributed by atoms with Crippen LogP contribution in [0.4, 0.5) is 11.4 Å². The molecule has 1 N–H and O–H groups in total. The second-order valence-electron chi connectivity index (χ2n) is 7.47. The number of rotatable bonds is 8. The van der Waals surface area contributed by atoms with Crippen molar-refractivity contribution >= 4 is 38.9 Å². The van der Waals surface area contributed by atoms with Crippen LogP contribution in [0.15, 0.2) is 71.6 Å². The summed E-state index contributed by atoms with van der Waals surface area (Å²) in [5, 5.41) is 14.3. The number of anilines is 1. The Morgan fingerprint density at radius 2 is 1.67 bits per heavy atom. The number of aryl methyl sites for hydroxylation is 1. The van der Waals surface area contributed by atoms with Gasteiger partial charge in [0.25, 0.3) is 5.69 Å². The summed E-state index contributed by atoms with van der Waals surface area (Å²) in [7, 11) is -4.01. The monoisotopic (exact) mass is 487 g/mol. The lowest BCUT2D eigenvalue weighted by molar-refractivity contribution is -0.385. The van der Waals surface area contributed by atoms with Crippen LogP contribution in [-0.4, -0.2) is 30.1 Å². The Labute approximate surface area is 197 Å². The Morgan fingerprint density at radius 1 is 1.03 bits per heavy atom. The molecule has 3 aromatic rings. The molecule has 0 aliphatic carbocycles. The van der Waals surface area contributed by atoms with Gasteiger partial charge in [-0.15, -0.1) is 0 Å². The maximum Gasteiger partial charge on any atom is 0.274 e. The number of nitro benzene ring substituents is 1. The molecule has 0 aliphatic rings. The first-order chi connectivity index (χ1) is 15.6. The average Bonchev–Trinajstić information content (AvgIpc) is 2.76. The highest BCUT2D eigenvalue weighted by Gasteiger charge is 2.27. The lowest BCUT2D eigenvalue weighted by Gasteiger charge is -2.22. The molecule has 1 amide bonds. The van der Waals surface area contributed by atoms with Crippen molar-refractivity contribution in [2.24, 2.45) is 0 Å². The van der Waals surface area contributed by atoms with Gasteiger partial charge in [-0.1, -0.05) is 47.5 Å². The minimum Gasteiger partial charge on any atom is -0.324 e. The molecule has 33 heavy (non-hydrogen) atoms. The fraction of sp³-hybridized carbons (Fsp3) is 0.174. The van der Waals surface area contributed by atoms with E-state index in [2.05, 4.69) is 5.32 Å². The molecule has 0 aromatic heterocycles. The van der Waals surface area contributed by atoms with Gasteiger partial charge in [-0.2, -0.15) is 4.31 Å². The third-order valence-electron chi connectivity index (χ3n) is 5.03. The number of nitro groups is 1. The average molecular weight is 488 g/mol. The molecule has 0 saturated heterocycles. The summed E-state index contributed by atoms with van der Waals surface area (Å²) in [5.41, 5.74) is 1.93. The van der Waals surface area contributed by atoms with E-state index >= 15 is 0 Å². The molecule has 172 valence electrons. The zero-order chi connectivity index (χ0) is 24.2. The van der Waals surface area contributed by atoms with Crippen molar-refractivity contribution in [3.05, 3.63) is 98.6 Å². The summed E-state index contributed by atoms with van der Waals surface area (Å²) >= 11 is 5.93. The van der Waals surface area contributed by atoms with E-state index in [-0.39, 0.29) is 28.4 Å². The van der Waals surface area contributed by atoms with Crippen molar-refractivity contribution in [3.8, 4) is 0 Å². The highest BCUT2D eigenvalue weighted by molar-refractivity contribution is 7.89. The molecular formula is C23H22ClN3O5S. The summed E-state index contributed by atoms with van der Waals surface area (Å²) in [6.07, 6.45) is 0. The molecule has 0 unspecified atom stereocenters. The predicted octanol–water partition coefficient (Wildman–Crippen LogP) is 4.69. The van der Waals surface area contributed by atoms with Crippen LogP contribution in [0.1, 0.15) is 16.7 Å². The number of nitrogens with one attached hydrogen (secondary N) is 1. The molecule has 10 heteroatoms. The minimum absolute atomic E-state index is 0.0568. The van der Waals surface area contributed by atoms with Gasteiger partial charge in [0.15, 0.2) is 0 Å². The molecule has 0 aliphatic heterocycles. The molecule has 0 spiro atoms. The molecule has 0 fully saturated rings. The second kappa shape index (κ2) is 10.1. The van der Waals surface area contributed by atoms with E-state index in [1.54, 1.807) is 36.4 Å². The maximum atomic E-state index is 13.3. The van der Waals surface area contributed by atoms with Crippen LogP contribution in [0.25, 0.3) is 0 Å². The van der Waals surface area contributed by atoms with Crippen LogP contribution in [-0.2, 0) is 21.4 Å². The summed E-state index contributed by atoms with van der Waals surface area (Å²) in [6, 6.07) is 17.3. The Hall–Kier alpha value is -3.27. The van der Waals surface area contributed by atoms with Gasteiger partial charge in [-0.3, -0.25) is 14.9 Å². The number of nitrogens with zero attached hydrogens (tertiary/aromatic N) is 2. The van der Waals surface area contributed by atoms with Gasteiger partial charge in [0.05, 0.1) is 27.6 Å². The van der Waals surface area contributed by atoms with Gasteiger partial charge in [-0.05, 0) is 49.7 Å². The number of amides is 1. The van der Waals surface area contributed by atoms with Crippen molar-refractivity contribution in [3.63, 3.8) is 0 Å². The third-order valence-corrected chi connectivity index (χ3v) is 7.08. The highest BCUT2D eigenvalue weighted by atomic mass is 35.5. The van der Waals surface area contributed by atoms with Gasteiger partial charge in [0, 0.05) is 17.6 Å². The van der Waals surface area contributed by atoms with Crippen LogP contribution in [0.2, 0.25) is 5.02 Å². The van der Waals surface area contributed by atoms with E-state index in [0.717, 1.165) is 9.87 Å². The normalized spacial score (nSPS) is 11.4. The van der Waals surface area contributed by atoms with Crippen LogP contribution >= 0.6 is 11.6 Å². The van der Waals surface area contributed by atoms with E-state index in [9.17, 15) is 23.3 Å². The van der Waals surface area contributed by atoms with E-state index in [0.29, 0.717) is 10.6 Å². The van der Waals surface area contributed by atoms with Gasteiger partial charge < -0.3 is 5.32 Å². The SMILES string of the molecule is Cc1ccc(S(=O)(=O)N(CC(=O)Nc2cccc([N+](=O)[O-])c2C)Cc2ccc(Cl)cc2)cc1. The number of hydrogen-bond donors (Lipinski definition) is 1. The Kier molecular flexibility index (Phi) is 7.47. The van der Waals surface area contributed by atoms with Crippen molar-refractivity contribution in [1.82, 2.24) is 4.31 Å². The zero-order valence-electron chi connectivity index (χ0n) is 18.0. The Bertz CT molecular complexity index is 1280. The van der Waals surface area contributed by atoms with Gasteiger partial charge >= 0.3 is 0 Å².